The van der Waals surface area contributed by atoms with Crippen LogP contribution in [0.25, 0.3) is 0 Å². The van der Waals surface area contributed by atoms with Crippen molar-refractivity contribution >= 4 is 0 Å². The fourth-order valence-corrected chi connectivity index (χ4v) is 2.29. The number of rotatable bonds is 6. The molecule has 0 fully saturated rings. The molecule has 2 aromatic rings. The highest BCUT2D eigenvalue weighted by atomic mass is 19.1. The lowest BCUT2D eigenvalue weighted by Gasteiger charge is -2.19. The number of halogens is 1. The molecule has 3 heteroatoms. The Bertz CT molecular complexity index is 554. The molecule has 1 N–H and O–H groups in total. The van der Waals surface area contributed by atoms with Crippen LogP contribution < -0.4 is 5.32 Å². The molecule has 0 saturated heterocycles. The summed E-state index contributed by atoms with van der Waals surface area (Å²) in [4.78, 5) is 4.26. The number of aromatic nitrogens is 1. The van der Waals surface area contributed by atoms with Crippen molar-refractivity contribution in [2.24, 2.45) is 0 Å². The molecule has 1 aromatic heterocycles. The van der Waals surface area contributed by atoms with Gasteiger partial charge in [0.15, 0.2) is 0 Å². The molecule has 0 aliphatic heterocycles. The van der Waals surface area contributed by atoms with Gasteiger partial charge in [-0.2, -0.15) is 0 Å². The average Bonchev–Trinajstić information content (AvgIpc) is 2.43. The molecule has 0 aliphatic rings. The lowest BCUT2D eigenvalue weighted by molar-refractivity contribution is 0.525. The number of pyridine rings is 1. The second kappa shape index (κ2) is 7.15. The van der Waals surface area contributed by atoms with E-state index in [9.17, 15) is 4.39 Å². The first-order valence-electron chi connectivity index (χ1n) is 7.08. The van der Waals surface area contributed by atoms with Crippen LogP contribution in [0.1, 0.15) is 36.1 Å². The number of nitrogens with one attached hydrogen (secondary N) is 1. The summed E-state index contributed by atoms with van der Waals surface area (Å²) in [5.41, 5.74) is 3.30. The highest BCUT2D eigenvalue weighted by Gasteiger charge is 2.12. The molecule has 1 atom stereocenters. The molecule has 0 spiro atoms. The first-order chi connectivity index (χ1) is 9.69. The van der Waals surface area contributed by atoms with E-state index in [2.05, 4.69) is 23.3 Å². The minimum atomic E-state index is -0.181. The molecule has 1 heterocycles. The quantitative estimate of drug-likeness (QED) is 0.865. The molecule has 0 saturated carbocycles. The van der Waals surface area contributed by atoms with Crippen LogP contribution in [0.4, 0.5) is 4.39 Å². The van der Waals surface area contributed by atoms with E-state index < -0.39 is 0 Å². The Morgan fingerprint density at radius 3 is 2.80 bits per heavy atom. The number of nitrogens with zero attached hydrogens (tertiary/aromatic N) is 1. The van der Waals surface area contributed by atoms with Crippen molar-refractivity contribution < 1.29 is 4.39 Å². The van der Waals surface area contributed by atoms with Crippen LogP contribution in [0, 0.1) is 12.7 Å². The van der Waals surface area contributed by atoms with Gasteiger partial charge in [0.25, 0.3) is 0 Å². The Morgan fingerprint density at radius 2 is 2.10 bits per heavy atom. The zero-order valence-electron chi connectivity index (χ0n) is 12.1. The van der Waals surface area contributed by atoms with E-state index >= 15 is 0 Å². The van der Waals surface area contributed by atoms with Crippen LogP contribution in [0.15, 0.2) is 42.7 Å². The summed E-state index contributed by atoms with van der Waals surface area (Å²) >= 11 is 0. The summed E-state index contributed by atoms with van der Waals surface area (Å²) in [6.07, 6.45) is 5.57. The van der Waals surface area contributed by atoms with Gasteiger partial charge in [0, 0.05) is 18.4 Å². The van der Waals surface area contributed by atoms with Crippen LogP contribution in [0.2, 0.25) is 0 Å². The SMILES string of the molecule is CCCNC(Cc1cccc(F)c1)c1cncc(C)c1. The second-order valence-corrected chi connectivity index (χ2v) is 5.14. The van der Waals surface area contributed by atoms with Crippen LogP contribution in [-0.4, -0.2) is 11.5 Å². The van der Waals surface area contributed by atoms with Crippen molar-refractivity contribution in [3.8, 4) is 0 Å². The molecule has 1 aromatic carbocycles. The summed E-state index contributed by atoms with van der Waals surface area (Å²) in [6, 6.07) is 9.11. The normalized spacial score (nSPS) is 12.3. The third-order valence-electron chi connectivity index (χ3n) is 3.27. The zero-order chi connectivity index (χ0) is 14.4. The first kappa shape index (κ1) is 14.7. The smallest absolute Gasteiger partial charge is 0.123 e. The maximum absolute atomic E-state index is 13.3. The average molecular weight is 272 g/mol. The Hall–Kier alpha value is -1.74. The van der Waals surface area contributed by atoms with Crippen molar-refractivity contribution in [3.63, 3.8) is 0 Å². The predicted octanol–water partition coefficient (Wildman–Crippen LogP) is 3.81. The Labute approximate surface area is 120 Å². The molecular formula is C17H21FN2. The molecule has 0 radical (unpaired) electrons. The maximum atomic E-state index is 13.3. The molecule has 2 nitrogen and oxygen atoms in total. The standard InChI is InChI=1S/C17H21FN2/c1-3-7-20-17(15-8-13(2)11-19-12-15)10-14-5-4-6-16(18)9-14/h4-6,8-9,11-12,17,20H,3,7,10H2,1-2H3. The van der Waals surface area contributed by atoms with Crippen molar-refractivity contribution in [1.29, 1.82) is 0 Å². The van der Waals surface area contributed by atoms with Crippen LogP contribution >= 0.6 is 0 Å². The third kappa shape index (κ3) is 4.14. The van der Waals surface area contributed by atoms with Gasteiger partial charge in [-0.25, -0.2) is 4.39 Å². The van der Waals surface area contributed by atoms with Gasteiger partial charge in [0.1, 0.15) is 5.82 Å². The van der Waals surface area contributed by atoms with E-state index in [4.69, 9.17) is 0 Å². The number of hydrogen-bond donors (Lipinski definition) is 1. The molecule has 0 amide bonds. The van der Waals surface area contributed by atoms with Crippen LogP contribution in [-0.2, 0) is 6.42 Å². The van der Waals surface area contributed by atoms with Gasteiger partial charge in [0.2, 0.25) is 0 Å². The van der Waals surface area contributed by atoms with Gasteiger partial charge in [-0.1, -0.05) is 25.1 Å². The lowest BCUT2D eigenvalue weighted by Crippen LogP contribution is -2.24. The summed E-state index contributed by atoms with van der Waals surface area (Å²) in [5.74, 6) is -0.181. The van der Waals surface area contributed by atoms with E-state index in [-0.39, 0.29) is 11.9 Å². The summed E-state index contributed by atoms with van der Waals surface area (Å²) in [5, 5.41) is 3.52. The van der Waals surface area contributed by atoms with Crippen molar-refractivity contribution in [3.05, 3.63) is 65.2 Å². The second-order valence-electron chi connectivity index (χ2n) is 5.14. The zero-order valence-corrected chi connectivity index (χ0v) is 12.1. The van der Waals surface area contributed by atoms with Crippen molar-refractivity contribution in [2.75, 3.05) is 6.54 Å². The third-order valence-corrected chi connectivity index (χ3v) is 3.27. The molecule has 0 aliphatic carbocycles. The summed E-state index contributed by atoms with van der Waals surface area (Å²) in [7, 11) is 0. The largest absolute Gasteiger partial charge is 0.310 e. The van der Waals surface area contributed by atoms with Gasteiger partial charge in [-0.3, -0.25) is 4.98 Å². The Balaban J connectivity index is 2.19. The minimum absolute atomic E-state index is 0.171. The van der Waals surface area contributed by atoms with E-state index in [1.54, 1.807) is 12.1 Å². The number of hydrogen-bond acceptors (Lipinski definition) is 2. The monoisotopic (exact) mass is 272 g/mol. The highest BCUT2D eigenvalue weighted by Crippen LogP contribution is 2.19. The van der Waals surface area contributed by atoms with Crippen LogP contribution in [0.3, 0.4) is 0 Å². The molecule has 1 unspecified atom stereocenters. The van der Waals surface area contributed by atoms with Gasteiger partial charge in [-0.05, 0) is 55.1 Å². The minimum Gasteiger partial charge on any atom is -0.310 e. The molecule has 20 heavy (non-hydrogen) atoms. The van der Waals surface area contributed by atoms with E-state index in [1.165, 1.54) is 6.07 Å². The fourth-order valence-electron chi connectivity index (χ4n) is 2.29. The maximum Gasteiger partial charge on any atom is 0.123 e. The Kier molecular flexibility index (Phi) is 5.24. The van der Waals surface area contributed by atoms with E-state index in [0.29, 0.717) is 0 Å². The molecule has 0 bridgehead atoms. The van der Waals surface area contributed by atoms with Crippen LogP contribution in [0.5, 0.6) is 0 Å². The summed E-state index contributed by atoms with van der Waals surface area (Å²) in [6.45, 7) is 5.12. The molecule has 106 valence electrons. The lowest BCUT2D eigenvalue weighted by atomic mass is 9.99. The number of aryl methyl sites for hydroxylation is 1. The van der Waals surface area contributed by atoms with Crippen molar-refractivity contribution in [2.45, 2.75) is 32.7 Å². The van der Waals surface area contributed by atoms with Gasteiger partial charge in [0.05, 0.1) is 0 Å². The van der Waals surface area contributed by atoms with Gasteiger partial charge in [-0.15, -0.1) is 0 Å². The number of benzene rings is 1. The van der Waals surface area contributed by atoms with Gasteiger partial charge < -0.3 is 5.32 Å². The highest BCUT2D eigenvalue weighted by molar-refractivity contribution is 5.24. The summed E-state index contributed by atoms with van der Waals surface area (Å²) < 4.78 is 13.3. The Morgan fingerprint density at radius 1 is 1.25 bits per heavy atom. The van der Waals surface area contributed by atoms with E-state index in [1.807, 2.05) is 25.4 Å². The molecule has 2 rings (SSSR count). The topological polar surface area (TPSA) is 24.9 Å². The van der Waals surface area contributed by atoms with Gasteiger partial charge >= 0.3 is 0 Å². The van der Waals surface area contributed by atoms with E-state index in [0.717, 1.165) is 36.1 Å². The van der Waals surface area contributed by atoms with Crippen molar-refractivity contribution in [1.82, 2.24) is 10.3 Å². The molecular weight excluding hydrogens is 251 g/mol. The first-order valence-corrected chi connectivity index (χ1v) is 7.08. The predicted molar refractivity (Wildman–Crippen MR) is 80.1 cm³/mol. The fraction of sp³-hybridized carbons (Fsp3) is 0.353.